The molecule has 6 nitrogen and oxygen atoms in total. The molecule has 2 aromatic carbocycles. The number of hydrogen-bond acceptors (Lipinski definition) is 4. The average molecular weight is 513 g/mol. The fourth-order valence-electron chi connectivity index (χ4n) is 6.24. The zero-order chi connectivity index (χ0) is 26.1. The summed E-state index contributed by atoms with van der Waals surface area (Å²) in [7, 11) is 0. The van der Waals surface area contributed by atoms with Gasteiger partial charge in [-0.05, 0) is 80.0 Å². The molecule has 6 heteroatoms. The molecule has 2 amide bonds. The summed E-state index contributed by atoms with van der Waals surface area (Å²) in [5.41, 5.74) is 4.73. The van der Waals surface area contributed by atoms with E-state index in [1.165, 1.54) is 11.1 Å². The Balaban J connectivity index is 1.23. The van der Waals surface area contributed by atoms with Crippen LogP contribution in [0.15, 0.2) is 59.0 Å². The Bertz CT molecular complexity index is 1300. The summed E-state index contributed by atoms with van der Waals surface area (Å²) in [6.45, 7) is 4.66. The van der Waals surface area contributed by atoms with Gasteiger partial charge in [0.25, 0.3) is 5.91 Å². The van der Waals surface area contributed by atoms with Crippen LogP contribution in [-0.4, -0.2) is 41.2 Å². The van der Waals surface area contributed by atoms with Crippen LogP contribution in [-0.2, 0) is 17.8 Å². The Morgan fingerprint density at radius 3 is 2.45 bits per heavy atom. The van der Waals surface area contributed by atoms with Gasteiger partial charge in [-0.15, -0.1) is 0 Å². The van der Waals surface area contributed by atoms with Gasteiger partial charge in [0.1, 0.15) is 18.1 Å². The SMILES string of the molecule is Cc1ccc([C@H]2c3cc(OCc4ccc(C(=O)N5CCCC5)o4)ccc3CCN2C(=O)C2CCCC2)cc1. The van der Waals surface area contributed by atoms with E-state index in [1.807, 2.05) is 17.0 Å². The second kappa shape index (κ2) is 10.7. The number of hydrogen-bond donors (Lipinski definition) is 0. The first-order valence-electron chi connectivity index (χ1n) is 14.1. The van der Waals surface area contributed by atoms with Crippen molar-refractivity contribution in [1.82, 2.24) is 9.80 Å². The number of likely N-dealkylation sites (tertiary alicyclic amines) is 1. The van der Waals surface area contributed by atoms with Gasteiger partial charge in [0.2, 0.25) is 5.91 Å². The van der Waals surface area contributed by atoms with E-state index in [0.29, 0.717) is 11.5 Å². The van der Waals surface area contributed by atoms with Crippen LogP contribution in [0.2, 0.25) is 0 Å². The molecule has 2 fully saturated rings. The van der Waals surface area contributed by atoms with E-state index < -0.39 is 0 Å². The zero-order valence-electron chi connectivity index (χ0n) is 22.2. The minimum atomic E-state index is -0.121. The molecule has 0 radical (unpaired) electrons. The highest BCUT2D eigenvalue weighted by atomic mass is 16.5. The molecule has 0 N–H and O–H groups in total. The predicted octanol–water partition coefficient (Wildman–Crippen LogP) is 6.07. The van der Waals surface area contributed by atoms with E-state index in [4.69, 9.17) is 9.15 Å². The molecule has 3 heterocycles. The fraction of sp³-hybridized carbons (Fsp3) is 0.438. The van der Waals surface area contributed by atoms with Crippen LogP contribution in [0.5, 0.6) is 5.75 Å². The molecule has 38 heavy (non-hydrogen) atoms. The van der Waals surface area contributed by atoms with Crippen LogP contribution in [0.1, 0.15) is 83.1 Å². The predicted molar refractivity (Wildman–Crippen MR) is 145 cm³/mol. The van der Waals surface area contributed by atoms with Crippen molar-refractivity contribution in [2.24, 2.45) is 5.92 Å². The summed E-state index contributed by atoms with van der Waals surface area (Å²) in [5.74, 6) is 2.11. The van der Waals surface area contributed by atoms with Crippen molar-refractivity contribution < 1.29 is 18.7 Å². The van der Waals surface area contributed by atoms with Crippen molar-refractivity contribution in [2.45, 2.75) is 64.5 Å². The zero-order valence-corrected chi connectivity index (χ0v) is 22.2. The van der Waals surface area contributed by atoms with Crippen LogP contribution < -0.4 is 4.74 Å². The fourth-order valence-corrected chi connectivity index (χ4v) is 6.24. The van der Waals surface area contributed by atoms with Crippen molar-refractivity contribution >= 4 is 11.8 Å². The van der Waals surface area contributed by atoms with Crippen molar-refractivity contribution in [3.63, 3.8) is 0 Å². The molecule has 0 bridgehead atoms. The molecule has 1 saturated carbocycles. The number of ether oxygens (including phenoxy) is 1. The molecular weight excluding hydrogens is 476 g/mol. The van der Waals surface area contributed by atoms with Gasteiger partial charge in [0, 0.05) is 25.6 Å². The monoisotopic (exact) mass is 512 g/mol. The molecule has 3 aromatic rings. The van der Waals surface area contributed by atoms with Gasteiger partial charge in [-0.1, -0.05) is 48.7 Å². The lowest BCUT2D eigenvalue weighted by Crippen LogP contribution is -2.43. The number of carbonyl (C=O) groups is 2. The minimum absolute atomic E-state index is 0.0458. The number of amides is 2. The molecule has 1 atom stereocenters. The van der Waals surface area contributed by atoms with Gasteiger partial charge in [-0.2, -0.15) is 0 Å². The van der Waals surface area contributed by atoms with Gasteiger partial charge in [-0.25, -0.2) is 0 Å². The first-order valence-corrected chi connectivity index (χ1v) is 14.1. The highest BCUT2D eigenvalue weighted by Crippen LogP contribution is 2.40. The van der Waals surface area contributed by atoms with Crippen LogP contribution in [0.3, 0.4) is 0 Å². The van der Waals surface area contributed by atoms with Gasteiger partial charge >= 0.3 is 0 Å². The molecular formula is C32H36N2O4. The lowest BCUT2D eigenvalue weighted by molar-refractivity contribution is -0.137. The maximum atomic E-state index is 13.7. The van der Waals surface area contributed by atoms with E-state index in [1.54, 1.807) is 6.07 Å². The first-order chi connectivity index (χ1) is 18.6. The number of nitrogens with zero attached hydrogens (tertiary/aromatic N) is 2. The maximum Gasteiger partial charge on any atom is 0.289 e. The molecule has 0 spiro atoms. The van der Waals surface area contributed by atoms with E-state index in [2.05, 4.69) is 48.2 Å². The van der Waals surface area contributed by atoms with Crippen molar-refractivity contribution in [1.29, 1.82) is 0 Å². The standard InChI is InChI=1S/C32H36N2O4/c1-22-8-10-24(11-9-22)30-28-20-26(13-12-23(28)16-19-34(30)31(35)25-6-2-3-7-25)37-21-27-14-15-29(38-27)32(36)33-17-4-5-18-33/h8-15,20,25,30H,2-7,16-19,21H2,1H3/t30-/m0/s1. The van der Waals surface area contributed by atoms with Gasteiger partial charge in [0.05, 0.1) is 6.04 Å². The molecule has 1 aliphatic carbocycles. The number of aryl methyl sites for hydroxylation is 1. The number of fused-ring (bicyclic) bond motifs is 1. The van der Waals surface area contributed by atoms with Crippen LogP contribution in [0, 0.1) is 12.8 Å². The van der Waals surface area contributed by atoms with Crippen molar-refractivity contribution in [3.05, 3.63) is 88.4 Å². The number of benzene rings is 2. The Kier molecular flexibility index (Phi) is 6.96. The maximum absolute atomic E-state index is 13.7. The first kappa shape index (κ1) is 24.8. The van der Waals surface area contributed by atoms with Crippen LogP contribution in [0.25, 0.3) is 0 Å². The highest BCUT2D eigenvalue weighted by molar-refractivity contribution is 5.91. The normalized spacial score (nSPS) is 19.6. The quantitative estimate of drug-likeness (QED) is 0.402. The molecule has 3 aliphatic rings. The van der Waals surface area contributed by atoms with Crippen molar-refractivity contribution in [3.8, 4) is 5.75 Å². The Labute approximate surface area is 224 Å². The Morgan fingerprint density at radius 1 is 0.921 bits per heavy atom. The molecule has 1 saturated heterocycles. The third-order valence-corrected chi connectivity index (χ3v) is 8.37. The Hall–Kier alpha value is -3.54. The largest absolute Gasteiger partial charge is 0.486 e. The third kappa shape index (κ3) is 4.96. The molecule has 2 aliphatic heterocycles. The lowest BCUT2D eigenvalue weighted by Gasteiger charge is -2.39. The van der Waals surface area contributed by atoms with E-state index >= 15 is 0 Å². The topological polar surface area (TPSA) is 63.0 Å². The minimum Gasteiger partial charge on any atom is -0.486 e. The summed E-state index contributed by atoms with van der Waals surface area (Å²) in [4.78, 5) is 30.2. The number of furan rings is 1. The van der Waals surface area contributed by atoms with E-state index in [9.17, 15) is 9.59 Å². The molecule has 0 unspecified atom stereocenters. The van der Waals surface area contributed by atoms with E-state index in [-0.39, 0.29) is 30.4 Å². The lowest BCUT2D eigenvalue weighted by atomic mass is 9.86. The number of carbonyl (C=O) groups excluding carboxylic acids is 2. The summed E-state index contributed by atoms with van der Waals surface area (Å²) >= 11 is 0. The average Bonchev–Trinajstić information content (AvgIpc) is 3.74. The summed E-state index contributed by atoms with van der Waals surface area (Å²) in [5, 5.41) is 0. The van der Waals surface area contributed by atoms with Gasteiger partial charge < -0.3 is 19.0 Å². The number of rotatable bonds is 6. The smallest absolute Gasteiger partial charge is 0.289 e. The second-order valence-corrected chi connectivity index (χ2v) is 11.0. The molecule has 1 aromatic heterocycles. The Morgan fingerprint density at radius 2 is 1.68 bits per heavy atom. The summed E-state index contributed by atoms with van der Waals surface area (Å²) in [6, 6.07) is 18.2. The highest BCUT2D eigenvalue weighted by Gasteiger charge is 2.36. The second-order valence-electron chi connectivity index (χ2n) is 11.0. The van der Waals surface area contributed by atoms with Crippen LogP contribution >= 0.6 is 0 Å². The summed E-state index contributed by atoms with van der Waals surface area (Å²) < 4.78 is 12.0. The van der Waals surface area contributed by atoms with Crippen LogP contribution in [0.4, 0.5) is 0 Å². The third-order valence-electron chi connectivity index (χ3n) is 8.37. The molecule has 198 valence electrons. The molecule has 6 rings (SSSR count). The van der Waals surface area contributed by atoms with Gasteiger partial charge in [0.15, 0.2) is 5.76 Å². The van der Waals surface area contributed by atoms with Gasteiger partial charge in [-0.3, -0.25) is 9.59 Å². The van der Waals surface area contributed by atoms with Crippen molar-refractivity contribution in [2.75, 3.05) is 19.6 Å². The summed E-state index contributed by atoms with van der Waals surface area (Å²) in [6.07, 6.45) is 7.23. The van der Waals surface area contributed by atoms with E-state index in [0.717, 1.165) is 81.5 Å².